The zero-order chi connectivity index (χ0) is 16.7. The molecule has 0 radical (unpaired) electrons. The van der Waals surface area contributed by atoms with E-state index in [0.29, 0.717) is 18.8 Å². The number of likely N-dealkylation sites (N-methyl/N-ethyl adjacent to an activating group) is 1. The molecule has 0 unspecified atom stereocenters. The van der Waals surface area contributed by atoms with Gasteiger partial charge in [0.2, 0.25) is 0 Å². The number of amides is 1. The molecule has 0 aromatic heterocycles. The van der Waals surface area contributed by atoms with Gasteiger partial charge in [0, 0.05) is 13.1 Å². The standard InChI is InChI=1S/C16H21NO5/c1-5-17(9-11(2)3)15(19)10-22-16(20)13-8-12(21-4)6-7-14(13)18/h6-8,18H,2,5,9-10H2,1,3-4H3. The lowest BCUT2D eigenvalue weighted by atomic mass is 10.2. The van der Waals surface area contributed by atoms with Crippen molar-refractivity contribution >= 4 is 11.9 Å². The van der Waals surface area contributed by atoms with E-state index in [1.54, 1.807) is 0 Å². The van der Waals surface area contributed by atoms with Crippen molar-refractivity contribution in [3.05, 3.63) is 35.9 Å². The maximum absolute atomic E-state index is 12.0. The van der Waals surface area contributed by atoms with Crippen LogP contribution in [0.25, 0.3) is 0 Å². The highest BCUT2D eigenvalue weighted by Gasteiger charge is 2.18. The molecule has 0 saturated carbocycles. The summed E-state index contributed by atoms with van der Waals surface area (Å²) in [6.45, 7) is 7.91. The van der Waals surface area contributed by atoms with Crippen molar-refractivity contribution in [3.8, 4) is 11.5 Å². The van der Waals surface area contributed by atoms with Crippen LogP contribution in [0.2, 0.25) is 0 Å². The Morgan fingerprint density at radius 1 is 1.36 bits per heavy atom. The van der Waals surface area contributed by atoms with Gasteiger partial charge in [0.1, 0.15) is 17.1 Å². The molecule has 6 heteroatoms. The zero-order valence-electron chi connectivity index (χ0n) is 13.1. The molecule has 6 nitrogen and oxygen atoms in total. The lowest BCUT2D eigenvalue weighted by Gasteiger charge is -2.20. The molecule has 0 bridgehead atoms. The minimum atomic E-state index is -0.781. The van der Waals surface area contributed by atoms with Crippen molar-refractivity contribution in [3.63, 3.8) is 0 Å². The normalized spacial score (nSPS) is 9.95. The van der Waals surface area contributed by atoms with Crippen LogP contribution in [0, 0.1) is 0 Å². The monoisotopic (exact) mass is 307 g/mol. The number of ether oxygens (including phenoxy) is 2. The van der Waals surface area contributed by atoms with Gasteiger partial charge in [-0.1, -0.05) is 12.2 Å². The quantitative estimate of drug-likeness (QED) is 0.616. The summed E-state index contributed by atoms with van der Waals surface area (Å²) in [7, 11) is 1.45. The van der Waals surface area contributed by atoms with E-state index >= 15 is 0 Å². The molecule has 0 heterocycles. The summed E-state index contributed by atoms with van der Waals surface area (Å²) in [5.41, 5.74) is 0.794. The first-order valence-corrected chi connectivity index (χ1v) is 6.85. The maximum atomic E-state index is 12.0. The molecule has 1 aromatic rings. The first-order chi connectivity index (χ1) is 10.4. The molecule has 120 valence electrons. The second kappa shape index (κ2) is 8.07. The van der Waals surface area contributed by atoms with Crippen LogP contribution in [-0.4, -0.2) is 48.7 Å². The number of aromatic hydroxyl groups is 1. The smallest absolute Gasteiger partial charge is 0.342 e. The number of nitrogens with zero attached hydrogens (tertiary/aromatic N) is 1. The molecule has 1 rings (SSSR count). The first-order valence-electron chi connectivity index (χ1n) is 6.85. The topological polar surface area (TPSA) is 76.1 Å². The Balaban J connectivity index is 2.69. The Labute approximate surface area is 129 Å². The summed E-state index contributed by atoms with van der Waals surface area (Å²) < 4.78 is 9.94. The third-order valence-corrected chi connectivity index (χ3v) is 2.95. The lowest BCUT2D eigenvalue weighted by molar-refractivity contribution is -0.133. The highest BCUT2D eigenvalue weighted by atomic mass is 16.5. The number of carbonyl (C=O) groups excluding carboxylic acids is 2. The van der Waals surface area contributed by atoms with E-state index in [2.05, 4.69) is 6.58 Å². The van der Waals surface area contributed by atoms with Crippen LogP contribution in [0.1, 0.15) is 24.2 Å². The Kier molecular flexibility index (Phi) is 6.44. The predicted molar refractivity (Wildman–Crippen MR) is 82.0 cm³/mol. The SMILES string of the molecule is C=C(C)CN(CC)C(=O)COC(=O)c1cc(OC)ccc1O. The molecular weight excluding hydrogens is 286 g/mol. The van der Waals surface area contributed by atoms with Gasteiger partial charge >= 0.3 is 5.97 Å². The van der Waals surface area contributed by atoms with Gasteiger partial charge < -0.3 is 19.5 Å². The number of esters is 1. The number of hydrogen-bond donors (Lipinski definition) is 1. The average molecular weight is 307 g/mol. The van der Waals surface area contributed by atoms with Crippen LogP contribution in [0.4, 0.5) is 0 Å². The van der Waals surface area contributed by atoms with Gasteiger partial charge in [-0.15, -0.1) is 0 Å². The molecule has 0 atom stereocenters. The van der Waals surface area contributed by atoms with Crippen molar-refractivity contribution in [2.75, 3.05) is 26.8 Å². The number of carbonyl (C=O) groups is 2. The fourth-order valence-electron chi connectivity index (χ4n) is 1.80. The Hall–Kier alpha value is -2.50. The second-order valence-electron chi connectivity index (χ2n) is 4.82. The summed E-state index contributed by atoms with van der Waals surface area (Å²) >= 11 is 0. The summed E-state index contributed by atoms with van der Waals surface area (Å²) in [4.78, 5) is 25.4. The number of phenolic OH excluding ortho intramolecular Hbond substituents is 1. The molecule has 1 amide bonds. The fraction of sp³-hybridized carbons (Fsp3) is 0.375. The predicted octanol–water partition coefficient (Wildman–Crippen LogP) is 1.98. The molecule has 0 spiro atoms. The van der Waals surface area contributed by atoms with Gasteiger partial charge in [-0.3, -0.25) is 4.79 Å². The molecule has 0 fully saturated rings. The van der Waals surface area contributed by atoms with Crippen molar-refractivity contribution in [1.29, 1.82) is 0 Å². The highest BCUT2D eigenvalue weighted by molar-refractivity contribution is 5.94. The van der Waals surface area contributed by atoms with E-state index in [9.17, 15) is 14.7 Å². The van der Waals surface area contributed by atoms with E-state index in [-0.39, 0.29) is 17.2 Å². The molecule has 0 saturated heterocycles. The van der Waals surface area contributed by atoms with Gasteiger partial charge in [0.15, 0.2) is 6.61 Å². The largest absolute Gasteiger partial charge is 0.507 e. The number of benzene rings is 1. The highest BCUT2D eigenvalue weighted by Crippen LogP contribution is 2.23. The van der Waals surface area contributed by atoms with Gasteiger partial charge in [-0.05, 0) is 32.0 Å². The van der Waals surface area contributed by atoms with Crippen molar-refractivity contribution in [2.45, 2.75) is 13.8 Å². The molecular formula is C16H21NO5. The Morgan fingerprint density at radius 2 is 2.05 bits per heavy atom. The van der Waals surface area contributed by atoms with E-state index in [4.69, 9.17) is 9.47 Å². The summed E-state index contributed by atoms with van der Waals surface area (Å²) in [6.07, 6.45) is 0. The molecule has 1 N–H and O–H groups in total. The molecule has 0 aliphatic rings. The minimum Gasteiger partial charge on any atom is -0.507 e. The van der Waals surface area contributed by atoms with Gasteiger partial charge in [-0.25, -0.2) is 4.79 Å². The van der Waals surface area contributed by atoms with Crippen molar-refractivity contribution < 1.29 is 24.2 Å². The van der Waals surface area contributed by atoms with Gasteiger partial charge in [-0.2, -0.15) is 0 Å². The number of phenols is 1. The Bertz CT molecular complexity index is 568. The average Bonchev–Trinajstić information content (AvgIpc) is 2.50. The summed E-state index contributed by atoms with van der Waals surface area (Å²) in [5.74, 6) is -0.918. The first kappa shape index (κ1) is 17.6. The van der Waals surface area contributed by atoms with Crippen molar-refractivity contribution in [2.24, 2.45) is 0 Å². The van der Waals surface area contributed by atoms with Crippen LogP contribution in [0.3, 0.4) is 0 Å². The molecule has 1 aromatic carbocycles. The number of rotatable bonds is 7. The van der Waals surface area contributed by atoms with Crippen LogP contribution in [-0.2, 0) is 9.53 Å². The van der Waals surface area contributed by atoms with E-state index in [1.807, 2.05) is 13.8 Å². The molecule has 0 aliphatic heterocycles. The zero-order valence-corrected chi connectivity index (χ0v) is 13.1. The fourth-order valence-corrected chi connectivity index (χ4v) is 1.80. The van der Waals surface area contributed by atoms with Crippen LogP contribution >= 0.6 is 0 Å². The number of methoxy groups -OCH3 is 1. The van der Waals surface area contributed by atoms with Gasteiger partial charge in [0.05, 0.1) is 7.11 Å². The third-order valence-electron chi connectivity index (χ3n) is 2.95. The van der Waals surface area contributed by atoms with E-state index in [0.717, 1.165) is 5.57 Å². The molecule has 0 aliphatic carbocycles. The van der Waals surface area contributed by atoms with Gasteiger partial charge in [0.25, 0.3) is 5.91 Å². The van der Waals surface area contributed by atoms with E-state index < -0.39 is 12.6 Å². The van der Waals surface area contributed by atoms with Crippen LogP contribution in [0.15, 0.2) is 30.4 Å². The second-order valence-corrected chi connectivity index (χ2v) is 4.82. The van der Waals surface area contributed by atoms with Crippen molar-refractivity contribution in [1.82, 2.24) is 4.90 Å². The van der Waals surface area contributed by atoms with E-state index in [1.165, 1.54) is 30.2 Å². The lowest BCUT2D eigenvalue weighted by Crippen LogP contribution is -2.35. The maximum Gasteiger partial charge on any atom is 0.342 e. The van der Waals surface area contributed by atoms with Crippen LogP contribution in [0.5, 0.6) is 11.5 Å². The third kappa shape index (κ3) is 4.80. The molecule has 22 heavy (non-hydrogen) atoms. The summed E-state index contributed by atoms with van der Waals surface area (Å²) in [6, 6.07) is 4.20. The Morgan fingerprint density at radius 3 is 2.59 bits per heavy atom. The number of hydrogen-bond acceptors (Lipinski definition) is 5. The minimum absolute atomic E-state index is 0.0462. The summed E-state index contributed by atoms with van der Waals surface area (Å²) in [5, 5.41) is 9.68. The van der Waals surface area contributed by atoms with Crippen LogP contribution < -0.4 is 4.74 Å².